The molecule has 2 atom stereocenters. The SMILES string of the molecule is C=CCOC[C@@]12CCCO[C@H]1CCN(S(=O)(=O)N(C)C)C2. The molecule has 2 rings (SSSR count). The molecule has 2 aliphatic rings. The third-order valence-corrected chi connectivity index (χ3v) is 6.25. The van der Waals surface area contributed by atoms with Crippen molar-refractivity contribution in [2.45, 2.75) is 25.4 Å². The fourth-order valence-corrected chi connectivity index (χ4v) is 4.45. The summed E-state index contributed by atoms with van der Waals surface area (Å²) in [5, 5.41) is 0. The molecule has 0 unspecified atom stereocenters. The van der Waals surface area contributed by atoms with Gasteiger partial charge in [-0.25, -0.2) is 0 Å². The monoisotopic (exact) mass is 318 g/mol. The highest BCUT2D eigenvalue weighted by molar-refractivity contribution is 7.86. The molecule has 0 spiro atoms. The van der Waals surface area contributed by atoms with Gasteiger partial charge in [0.2, 0.25) is 0 Å². The average molecular weight is 318 g/mol. The van der Waals surface area contributed by atoms with Gasteiger partial charge in [0.1, 0.15) is 0 Å². The number of fused-ring (bicyclic) bond motifs is 1. The quantitative estimate of drug-likeness (QED) is 0.538. The lowest BCUT2D eigenvalue weighted by atomic mass is 9.73. The first-order valence-electron chi connectivity index (χ1n) is 7.40. The predicted molar refractivity (Wildman–Crippen MR) is 81.2 cm³/mol. The third-order valence-electron chi connectivity index (χ3n) is 4.37. The molecule has 6 nitrogen and oxygen atoms in total. The predicted octanol–water partition coefficient (Wildman–Crippen LogP) is 0.867. The molecule has 0 N–H and O–H groups in total. The summed E-state index contributed by atoms with van der Waals surface area (Å²) in [5.41, 5.74) is -0.234. The number of nitrogens with zero attached hydrogens (tertiary/aromatic N) is 2. The van der Waals surface area contributed by atoms with Crippen LogP contribution in [-0.4, -0.2) is 70.1 Å². The van der Waals surface area contributed by atoms with Crippen LogP contribution in [-0.2, 0) is 19.7 Å². The molecular weight excluding hydrogens is 292 g/mol. The highest BCUT2D eigenvalue weighted by atomic mass is 32.2. The Bertz CT molecular complexity index is 466. The number of rotatable bonds is 6. The zero-order chi connectivity index (χ0) is 15.5. The second-order valence-electron chi connectivity index (χ2n) is 6.04. The Labute approximate surface area is 127 Å². The zero-order valence-corrected chi connectivity index (χ0v) is 13.8. The highest BCUT2D eigenvalue weighted by Crippen LogP contribution is 2.41. The Kier molecular flexibility index (Phi) is 5.43. The largest absolute Gasteiger partial charge is 0.377 e. The van der Waals surface area contributed by atoms with Crippen LogP contribution in [0, 0.1) is 5.41 Å². The molecule has 0 radical (unpaired) electrons. The van der Waals surface area contributed by atoms with Crippen LogP contribution in [0.5, 0.6) is 0 Å². The lowest BCUT2D eigenvalue weighted by Crippen LogP contribution is -2.59. The van der Waals surface area contributed by atoms with Gasteiger partial charge in [0, 0.05) is 39.2 Å². The van der Waals surface area contributed by atoms with Gasteiger partial charge in [-0.1, -0.05) is 6.08 Å². The van der Waals surface area contributed by atoms with Crippen LogP contribution in [0.3, 0.4) is 0 Å². The molecule has 21 heavy (non-hydrogen) atoms. The van der Waals surface area contributed by atoms with E-state index in [1.54, 1.807) is 24.5 Å². The summed E-state index contributed by atoms with van der Waals surface area (Å²) in [6, 6.07) is 0. The van der Waals surface area contributed by atoms with E-state index in [1.807, 2.05) is 0 Å². The molecule has 7 heteroatoms. The van der Waals surface area contributed by atoms with E-state index in [1.165, 1.54) is 4.31 Å². The van der Waals surface area contributed by atoms with Crippen molar-refractivity contribution in [1.82, 2.24) is 8.61 Å². The van der Waals surface area contributed by atoms with Crippen molar-refractivity contribution in [3.63, 3.8) is 0 Å². The highest BCUT2D eigenvalue weighted by Gasteiger charge is 2.48. The minimum atomic E-state index is -3.38. The van der Waals surface area contributed by atoms with Crippen LogP contribution in [0.15, 0.2) is 12.7 Å². The fourth-order valence-electron chi connectivity index (χ4n) is 3.23. The van der Waals surface area contributed by atoms with E-state index in [9.17, 15) is 8.42 Å². The van der Waals surface area contributed by atoms with E-state index in [0.29, 0.717) is 26.3 Å². The fraction of sp³-hybridized carbons (Fsp3) is 0.857. The summed E-state index contributed by atoms with van der Waals surface area (Å²) in [5.74, 6) is 0. The lowest BCUT2D eigenvalue weighted by Gasteiger charge is -2.50. The zero-order valence-electron chi connectivity index (χ0n) is 13.0. The second-order valence-corrected chi connectivity index (χ2v) is 8.18. The minimum Gasteiger partial charge on any atom is -0.377 e. The van der Waals surface area contributed by atoms with Crippen molar-refractivity contribution in [1.29, 1.82) is 0 Å². The van der Waals surface area contributed by atoms with Crippen molar-refractivity contribution < 1.29 is 17.9 Å². The van der Waals surface area contributed by atoms with Crippen molar-refractivity contribution in [2.24, 2.45) is 5.41 Å². The van der Waals surface area contributed by atoms with Gasteiger partial charge >= 0.3 is 0 Å². The molecule has 0 aromatic heterocycles. The first-order valence-corrected chi connectivity index (χ1v) is 8.80. The van der Waals surface area contributed by atoms with Crippen molar-refractivity contribution in [3.05, 3.63) is 12.7 Å². The smallest absolute Gasteiger partial charge is 0.281 e. The Hall–Kier alpha value is -0.470. The summed E-state index contributed by atoms with van der Waals surface area (Å²) in [6.45, 7) is 6.39. The van der Waals surface area contributed by atoms with E-state index in [0.717, 1.165) is 25.9 Å². The van der Waals surface area contributed by atoms with Gasteiger partial charge in [0.25, 0.3) is 10.2 Å². The number of hydrogen-bond acceptors (Lipinski definition) is 4. The van der Waals surface area contributed by atoms with Gasteiger partial charge in [0.15, 0.2) is 0 Å². The molecule has 2 saturated heterocycles. The number of ether oxygens (including phenoxy) is 2. The maximum atomic E-state index is 12.4. The summed E-state index contributed by atoms with van der Waals surface area (Å²) in [7, 11) is -0.246. The van der Waals surface area contributed by atoms with Crippen LogP contribution in [0.2, 0.25) is 0 Å². The molecule has 2 fully saturated rings. The number of hydrogen-bond donors (Lipinski definition) is 0. The molecule has 0 amide bonds. The first-order chi connectivity index (χ1) is 9.92. The third kappa shape index (κ3) is 3.48. The molecule has 0 aliphatic carbocycles. The van der Waals surface area contributed by atoms with Gasteiger partial charge in [-0.2, -0.15) is 17.0 Å². The molecule has 0 saturated carbocycles. The van der Waals surface area contributed by atoms with Crippen molar-refractivity contribution >= 4 is 10.2 Å². The Balaban J connectivity index is 2.16. The maximum absolute atomic E-state index is 12.4. The summed E-state index contributed by atoms with van der Waals surface area (Å²) in [4.78, 5) is 0. The van der Waals surface area contributed by atoms with Gasteiger partial charge < -0.3 is 9.47 Å². The van der Waals surface area contributed by atoms with E-state index in [2.05, 4.69) is 6.58 Å². The summed E-state index contributed by atoms with van der Waals surface area (Å²) in [6.07, 6.45) is 4.42. The molecule has 2 heterocycles. The molecule has 0 aromatic rings. The van der Waals surface area contributed by atoms with Crippen molar-refractivity contribution in [2.75, 3.05) is 47.0 Å². The normalized spacial score (nSPS) is 31.1. The van der Waals surface area contributed by atoms with Crippen molar-refractivity contribution in [3.8, 4) is 0 Å². The van der Waals surface area contributed by atoms with Gasteiger partial charge in [-0.3, -0.25) is 0 Å². The Morgan fingerprint density at radius 2 is 2.29 bits per heavy atom. The van der Waals surface area contributed by atoms with Crippen LogP contribution >= 0.6 is 0 Å². The minimum absolute atomic E-state index is 0.0877. The Morgan fingerprint density at radius 1 is 1.52 bits per heavy atom. The van der Waals surface area contributed by atoms with E-state index >= 15 is 0 Å². The van der Waals surface area contributed by atoms with Crippen LogP contribution < -0.4 is 0 Å². The van der Waals surface area contributed by atoms with Crippen LogP contribution in [0.4, 0.5) is 0 Å². The Morgan fingerprint density at radius 3 is 2.95 bits per heavy atom. The maximum Gasteiger partial charge on any atom is 0.281 e. The standard InChI is InChI=1S/C14H26N2O4S/c1-4-9-19-12-14-7-5-10-20-13(14)6-8-16(11-14)21(17,18)15(2)3/h4,13H,1,5-12H2,2-3H3/t13-,14-/m0/s1. The topological polar surface area (TPSA) is 59.1 Å². The van der Waals surface area contributed by atoms with E-state index < -0.39 is 10.2 Å². The summed E-state index contributed by atoms with van der Waals surface area (Å²) >= 11 is 0. The van der Waals surface area contributed by atoms with E-state index in [4.69, 9.17) is 9.47 Å². The number of piperidine rings is 1. The lowest BCUT2D eigenvalue weighted by molar-refractivity contribution is -0.140. The van der Waals surface area contributed by atoms with E-state index in [-0.39, 0.29) is 11.5 Å². The average Bonchev–Trinajstić information content (AvgIpc) is 2.46. The van der Waals surface area contributed by atoms with Gasteiger partial charge in [-0.15, -0.1) is 6.58 Å². The van der Waals surface area contributed by atoms with Gasteiger partial charge in [-0.05, 0) is 19.3 Å². The van der Waals surface area contributed by atoms with Crippen LogP contribution in [0.25, 0.3) is 0 Å². The first kappa shape index (κ1) is 16.9. The molecule has 2 aliphatic heterocycles. The van der Waals surface area contributed by atoms with Crippen LogP contribution in [0.1, 0.15) is 19.3 Å². The van der Waals surface area contributed by atoms with Gasteiger partial charge in [0.05, 0.1) is 19.3 Å². The second kappa shape index (κ2) is 6.75. The summed E-state index contributed by atoms with van der Waals surface area (Å²) < 4.78 is 39.2. The molecular formula is C14H26N2O4S. The molecule has 0 aromatic carbocycles. The molecule has 0 bridgehead atoms. The molecule has 122 valence electrons.